The van der Waals surface area contributed by atoms with Crippen molar-refractivity contribution in [2.45, 2.75) is 12.8 Å². The lowest BCUT2D eigenvalue weighted by Gasteiger charge is -2.31. The summed E-state index contributed by atoms with van der Waals surface area (Å²) < 4.78 is 0. The van der Waals surface area contributed by atoms with Crippen molar-refractivity contribution in [3.8, 4) is 0 Å². The smallest absolute Gasteiger partial charge is 0.319 e. The molecule has 1 aromatic heterocycles. The number of carbonyl (C=O) groups excluding carboxylic acids is 1. The van der Waals surface area contributed by atoms with Crippen LogP contribution in [0.3, 0.4) is 0 Å². The molecule has 8 nitrogen and oxygen atoms in total. The summed E-state index contributed by atoms with van der Waals surface area (Å²) in [6.45, 7) is 2.35. The number of H-pyrrole nitrogens is 1. The van der Waals surface area contributed by atoms with Crippen LogP contribution in [-0.2, 0) is 0 Å². The molecule has 1 aliphatic rings. The van der Waals surface area contributed by atoms with Gasteiger partial charge in [0.25, 0.3) is 0 Å². The highest BCUT2D eigenvalue weighted by Gasteiger charge is 2.21. The van der Waals surface area contributed by atoms with Crippen molar-refractivity contribution in [3.05, 3.63) is 29.3 Å². The standard InChI is InChI=1S/C15H20ClN7O/c16-11-2-1-3-12(8-11)19-15(24)18-9-10-4-6-23(7-5-10)14-20-13(17)21-22-14/h1-3,8,10H,4-7,9H2,(H2,18,19,24)(H3,17,20,21,22). The van der Waals surface area contributed by atoms with Crippen LogP contribution in [0.1, 0.15) is 12.8 Å². The fraction of sp³-hybridized carbons (Fsp3) is 0.400. The van der Waals surface area contributed by atoms with Gasteiger partial charge in [0.1, 0.15) is 0 Å². The maximum Gasteiger partial charge on any atom is 0.319 e. The highest BCUT2D eigenvalue weighted by atomic mass is 35.5. The summed E-state index contributed by atoms with van der Waals surface area (Å²) >= 11 is 5.90. The Bertz CT molecular complexity index is 697. The van der Waals surface area contributed by atoms with E-state index in [1.165, 1.54) is 0 Å². The predicted molar refractivity (Wildman–Crippen MR) is 94.2 cm³/mol. The Labute approximate surface area is 144 Å². The fourth-order valence-electron chi connectivity index (χ4n) is 2.73. The van der Waals surface area contributed by atoms with E-state index in [4.69, 9.17) is 17.3 Å². The first-order valence-corrected chi connectivity index (χ1v) is 8.21. The SMILES string of the molecule is Nc1n[nH]c(N2CCC(CNC(=O)Nc3cccc(Cl)c3)CC2)n1. The molecular formula is C15H20ClN7O. The number of halogens is 1. The molecule has 128 valence electrons. The molecule has 9 heteroatoms. The first-order chi connectivity index (χ1) is 11.6. The maximum atomic E-state index is 11.9. The third-order valence-electron chi connectivity index (χ3n) is 4.04. The first kappa shape index (κ1) is 16.4. The van der Waals surface area contributed by atoms with E-state index in [-0.39, 0.29) is 12.0 Å². The molecule has 1 saturated heterocycles. The van der Waals surface area contributed by atoms with Crippen LogP contribution in [0.15, 0.2) is 24.3 Å². The predicted octanol–water partition coefficient (Wildman–Crippen LogP) is 2.08. The van der Waals surface area contributed by atoms with Crippen molar-refractivity contribution in [1.82, 2.24) is 20.5 Å². The van der Waals surface area contributed by atoms with Crippen molar-refractivity contribution in [2.75, 3.05) is 35.6 Å². The van der Waals surface area contributed by atoms with Crippen LogP contribution < -0.4 is 21.3 Å². The number of amides is 2. The van der Waals surface area contributed by atoms with Gasteiger partial charge in [0, 0.05) is 30.3 Å². The van der Waals surface area contributed by atoms with Gasteiger partial charge in [-0.1, -0.05) is 17.7 Å². The summed E-state index contributed by atoms with van der Waals surface area (Å²) in [5, 5.41) is 12.9. The van der Waals surface area contributed by atoms with E-state index >= 15 is 0 Å². The Morgan fingerprint density at radius 2 is 2.21 bits per heavy atom. The minimum Gasteiger partial charge on any atom is -0.366 e. The van der Waals surface area contributed by atoms with E-state index in [0.717, 1.165) is 25.9 Å². The molecule has 1 aromatic carbocycles. The molecule has 0 spiro atoms. The number of urea groups is 1. The highest BCUT2D eigenvalue weighted by Crippen LogP contribution is 2.20. The normalized spacial score (nSPS) is 15.3. The second-order valence-corrected chi connectivity index (χ2v) is 6.23. The Balaban J connectivity index is 1.41. The topological polar surface area (TPSA) is 112 Å². The van der Waals surface area contributed by atoms with Crippen LogP contribution >= 0.6 is 11.6 Å². The molecule has 0 saturated carbocycles. The van der Waals surface area contributed by atoms with Gasteiger partial charge in [0.2, 0.25) is 11.9 Å². The summed E-state index contributed by atoms with van der Waals surface area (Å²) in [5.41, 5.74) is 6.20. The molecule has 0 atom stereocenters. The number of nitrogen functional groups attached to an aromatic ring is 1. The molecule has 2 heterocycles. The van der Waals surface area contributed by atoms with Crippen LogP contribution in [0.4, 0.5) is 22.4 Å². The zero-order valence-electron chi connectivity index (χ0n) is 13.1. The van der Waals surface area contributed by atoms with E-state index in [9.17, 15) is 4.79 Å². The molecular weight excluding hydrogens is 330 g/mol. The Morgan fingerprint density at radius 3 is 2.88 bits per heavy atom. The molecule has 0 bridgehead atoms. The second-order valence-electron chi connectivity index (χ2n) is 5.79. The van der Waals surface area contributed by atoms with Crippen LogP contribution in [0.5, 0.6) is 0 Å². The monoisotopic (exact) mass is 349 g/mol. The van der Waals surface area contributed by atoms with Crippen molar-refractivity contribution in [2.24, 2.45) is 5.92 Å². The zero-order chi connectivity index (χ0) is 16.9. The van der Waals surface area contributed by atoms with Gasteiger partial charge in [-0.3, -0.25) is 0 Å². The van der Waals surface area contributed by atoms with Gasteiger partial charge in [-0.15, -0.1) is 5.10 Å². The van der Waals surface area contributed by atoms with E-state index < -0.39 is 0 Å². The van der Waals surface area contributed by atoms with Crippen molar-refractivity contribution in [3.63, 3.8) is 0 Å². The number of piperidine rings is 1. The molecule has 0 radical (unpaired) electrons. The summed E-state index contributed by atoms with van der Waals surface area (Å²) in [4.78, 5) is 18.2. The Kier molecular flexibility index (Phi) is 5.05. The largest absolute Gasteiger partial charge is 0.366 e. The fourth-order valence-corrected chi connectivity index (χ4v) is 2.92. The summed E-state index contributed by atoms with van der Waals surface area (Å²) in [5.74, 6) is 1.40. The van der Waals surface area contributed by atoms with Gasteiger partial charge in [-0.2, -0.15) is 4.98 Å². The molecule has 2 amide bonds. The summed E-state index contributed by atoms with van der Waals surface area (Å²) in [6, 6.07) is 6.85. The van der Waals surface area contributed by atoms with E-state index in [2.05, 4.69) is 30.7 Å². The number of carbonyl (C=O) groups is 1. The van der Waals surface area contributed by atoms with E-state index in [0.29, 0.717) is 29.1 Å². The number of aromatic nitrogens is 3. The van der Waals surface area contributed by atoms with E-state index in [1.807, 2.05) is 0 Å². The van der Waals surface area contributed by atoms with Crippen molar-refractivity contribution in [1.29, 1.82) is 0 Å². The minimum atomic E-state index is -0.220. The Morgan fingerprint density at radius 1 is 1.42 bits per heavy atom. The van der Waals surface area contributed by atoms with E-state index in [1.54, 1.807) is 24.3 Å². The summed E-state index contributed by atoms with van der Waals surface area (Å²) in [6.07, 6.45) is 1.94. The molecule has 2 aromatic rings. The van der Waals surface area contributed by atoms with Gasteiger partial charge < -0.3 is 21.3 Å². The van der Waals surface area contributed by atoms with Crippen molar-refractivity contribution < 1.29 is 4.79 Å². The van der Waals surface area contributed by atoms with Crippen LogP contribution in [0.25, 0.3) is 0 Å². The van der Waals surface area contributed by atoms with Crippen LogP contribution in [0.2, 0.25) is 5.02 Å². The number of anilines is 3. The molecule has 24 heavy (non-hydrogen) atoms. The summed E-state index contributed by atoms with van der Waals surface area (Å²) in [7, 11) is 0. The molecule has 0 unspecified atom stereocenters. The van der Waals surface area contributed by atoms with Gasteiger partial charge >= 0.3 is 6.03 Å². The maximum absolute atomic E-state index is 11.9. The number of nitrogens with two attached hydrogens (primary N) is 1. The molecule has 1 fully saturated rings. The number of benzene rings is 1. The van der Waals surface area contributed by atoms with Gasteiger partial charge in [0.05, 0.1) is 0 Å². The Hall–Kier alpha value is -2.48. The lowest BCUT2D eigenvalue weighted by molar-refractivity contribution is 0.248. The number of nitrogens with zero attached hydrogens (tertiary/aromatic N) is 3. The zero-order valence-corrected chi connectivity index (χ0v) is 13.9. The highest BCUT2D eigenvalue weighted by molar-refractivity contribution is 6.30. The van der Waals surface area contributed by atoms with Gasteiger partial charge in [0.15, 0.2) is 0 Å². The lowest BCUT2D eigenvalue weighted by Crippen LogP contribution is -2.40. The molecule has 1 aliphatic heterocycles. The lowest BCUT2D eigenvalue weighted by atomic mass is 9.97. The average Bonchev–Trinajstić information content (AvgIpc) is 3.00. The molecule has 0 aliphatic carbocycles. The van der Waals surface area contributed by atoms with Gasteiger partial charge in [-0.05, 0) is 37.0 Å². The van der Waals surface area contributed by atoms with Gasteiger partial charge in [-0.25, -0.2) is 9.89 Å². The minimum absolute atomic E-state index is 0.220. The molecule has 5 N–H and O–H groups in total. The third kappa shape index (κ3) is 4.29. The quantitative estimate of drug-likeness (QED) is 0.675. The average molecular weight is 350 g/mol. The van der Waals surface area contributed by atoms with Crippen molar-refractivity contribution >= 4 is 35.2 Å². The number of hydrogen-bond acceptors (Lipinski definition) is 5. The molecule has 3 rings (SSSR count). The number of aromatic amines is 1. The number of hydrogen-bond donors (Lipinski definition) is 4. The first-order valence-electron chi connectivity index (χ1n) is 7.83. The van der Waals surface area contributed by atoms with Crippen LogP contribution in [-0.4, -0.2) is 40.8 Å². The third-order valence-corrected chi connectivity index (χ3v) is 4.27. The number of rotatable bonds is 4. The number of nitrogens with one attached hydrogen (secondary N) is 3. The second kappa shape index (κ2) is 7.39. The van der Waals surface area contributed by atoms with Crippen LogP contribution in [0, 0.1) is 5.92 Å².